The highest BCUT2D eigenvalue weighted by atomic mass is 16.1. The number of amides is 1. The number of aryl methyl sites for hydroxylation is 1. The minimum absolute atomic E-state index is 0.0323. The van der Waals surface area contributed by atoms with Crippen LogP contribution in [0.2, 0.25) is 0 Å². The van der Waals surface area contributed by atoms with Gasteiger partial charge in [0, 0.05) is 49.4 Å². The summed E-state index contributed by atoms with van der Waals surface area (Å²) in [6.45, 7) is 2.66. The average molecular weight is 325 g/mol. The van der Waals surface area contributed by atoms with Crippen LogP contribution in [0.1, 0.15) is 36.2 Å². The topological polar surface area (TPSA) is 73.9 Å². The van der Waals surface area contributed by atoms with Gasteiger partial charge in [-0.05, 0) is 31.7 Å². The maximum Gasteiger partial charge on any atom is 0.223 e. The van der Waals surface area contributed by atoms with Gasteiger partial charge in [-0.3, -0.25) is 4.79 Å². The van der Waals surface area contributed by atoms with E-state index < -0.39 is 0 Å². The second kappa shape index (κ2) is 6.63. The zero-order chi connectivity index (χ0) is 16.4. The van der Waals surface area contributed by atoms with E-state index in [4.69, 9.17) is 0 Å². The lowest BCUT2D eigenvalue weighted by molar-refractivity contribution is -0.125. The summed E-state index contributed by atoms with van der Waals surface area (Å²) in [4.78, 5) is 26.9. The summed E-state index contributed by atoms with van der Waals surface area (Å²) in [5, 5.41) is 3.12. The van der Waals surface area contributed by atoms with E-state index in [-0.39, 0.29) is 11.8 Å². The molecule has 3 heterocycles. The Kier molecular flexibility index (Phi) is 4.19. The van der Waals surface area contributed by atoms with Crippen LogP contribution in [0.15, 0.2) is 24.7 Å². The SMILES string of the molecule is O=C(NCc1cccnc1N1CCCC1)[C@H]1CCc2nc[nH]c2C1. The maximum absolute atomic E-state index is 12.6. The normalized spacial score (nSPS) is 20.0. The van der Waals surface area contributed by atoms with Gasteiger partial charge < -0.3 is 15.2 Å². The van der Waals surface area contributed by atoms with Crippen LogP contribution in [0.3, 0.4) is 0 Å². The van der Waals surface area contributed by atoms with E-state index in [2.05, 4.69) is 31.2 Å². The minimum Gasteiger partial charge on any atom is -0.356 e. The van der Waals surface area contributed by atoms with E-state index in [9.17, 15) is 4.79 Å². The molecule has 2 aromatic rings. The number of pyridine rings is 1. The minimum atomic E-state index is 0.0323. The first-order chi connectivity index (χ1) is 11.8. The third-order valence-electron chi connectivity index (χ3n) is 5.08. The van der Waals surface area contributed by atoms with Crippen LogP contribution in [0.25, 0.3) is 0 Å². The van der Waals surface area contributed by atoms with Crippen molar-refractivity contribution in [1.82, 2.24) is 20.3 Å². The van der Waals surface area contributed by atoms with E-state index >= 15 is 0 Å². The van der Waals surface area contributed by atoms with Crippen LogP contribution in [0, 0.1) is 5.92 Å². The molecule has 0 unspecified atom stereocenters. The van der Waals surface area contributed by atoms with Crippen molar-refractivity contribution in [3.63, 3.8) is 0 Å². The van der Waals surface area contributed by atoms with Gasteiger partial charge in [-0.1, -0.05) is 6.07 Å². The Morgan fingerprint density at radius 3 is 3.08 bits per heavy atom. The van der Waals surface area contributed by atoms with Gasteiger partial charge in [-0.2, -0.15) is 0 Å². The zero-order valence-corrected chi connectivity index (χ0v) is 13.8. The number of imidazole rings is 1. The van der Waals surface area contributed by atoms with Crippen molar-refractivity contribution in [3.05, 3.63) is 41.6 Å². The second-order valence-corrected chi connectivity index (χ2v) is 6.67. The van der Waals surface area contributed by atoms with Crippen LogP contribution in [0.4, 0.5) is 5.82 Å². The summed E-state index contributed by atoms with van der Waals surface area (Å²) in [6.07, 6.45) is 8.50. The molecule has 1 atom stereocenters. The Balaban J connectivity index is 1.39. The lowest BCUT2D eigenvalue weighted by atomic mass is 9.89. The summed E-state index contributed by atoms with van der Waals surface area (Å²) in [5.74, 6) is 1.19. The number of anilines is 1. The Labute approximate surface area is 141 Å². The summed E-state index contributed by atoms with van der Waals surface area (Å²) >= 11 is 0. The molecule has 0 saturated carbocycles. The number of carbonyl (C=O) groups excluding carboxylic acids is 1. The Morgan fingerprint density at radius 1 is 1.33 bits per heavy atom. The summed E-state index contributed by atoms with van der Waals surface area (Å²) in [5.41, 5.74) is 3.33. The molecule has 2 aromatic heterocycles. The van der Waals surface area contributed by atoms with Gasteiger partial charge in [0.15, 0.2) is 0 Å². The van der Waals surface area contributed by atoms with Gasteiger partial charge in [-0.15, -0.1) is 0 Å². The van der Waals surface area contributed by atoms with Crippen molar-refractivity contribution in [2.24, 2.45) is 5.92 Å². The molecule has 2 aliphatic rings. The summed E-state index contributed by atoms with van der Waals surface area (Å²) < 4.78 is 0. The Hall–Kier alpha value is -2.37. The van der Waals surface area contributed by atoms with Crippen LogP contribution in [0.5, 0.6) is 0 Å². The maximum atomic E-state index is 12.6. The van der Waals surface area contributed by atoms with Crippen molar-refractivity contribution < 1.29 is 4.79 Å². The Morgan fingerprint density at radius 2 is 2.21 bits per heavy atom. The van der Waals surface area contributed by atoms with Crippen LogP contribution >= 0.6 is 0 Å². The van der Waals surface area contributed by atoms with Crippen molar-refractivity contribution >= 4 is 11.7 Å². The number of rotatable bonds is 4. The van der Waals surface area contributed by atoms with Crippen LogP contribution in [-0.2, 0) is 24.2 Å². The molecule has 6 heteroatoms. The van der Waals surface area contributed by atoms with Gasteiger partial charge in [0.2, 0.25) is 5.91 Å². The monoisotopic (exact) mass is 325 g/mol. The molecule has 1 fully saturated rings. The molecule has 1 aliphatic carbocycles. The number of aromatic nitrogens is 3. The highest BCUT2D eigenvalue weighted by Gasteiger charge is 2.26. The quantitative estimate of drug-likeness (QED) is 0.899. The number of hydrogen-bond donors (Lipinski definition) is 2. The highest BCUT2D eigenvalue weighted by molar-refractivity contribution is 5.79. The smallest absolute Gasteiger partial charge is 0.223 e. The van der Waals surface area contributed by atoms with E-state index in [0.29, 0.717) is 6.54 Å². The zero-order valence-electron chi connectivity index (χ0n) is 13.8. The number of hydrogen-bond acceptors (Lipinski definition) is 4. The molecule has 6 nitrogen and oxygen atoms in total. The van der Waals surface area contributed by atoms with Crippen LogP contribution < -0.4 is 10.2 Å². The number of aromatic amines is 1. The Bertz CT molecular complexity index is 720. The molecule has 1 amide bonds. The largest absolute Gasteiger partial charge is 0.356 e. The molecular weight excluding hydrogens is 302 g/mol. The van der Waals surface area contributed by atoms with Crippen LogP contribution in [-0.4, -0.2) is 33.9 Å². The molecule has 0 spiro atoms. The molecule has 0 bridgehead atoms. The fraction of sp³-hybridized carbons (Fsp3) is 0.500. The molecule has 1 aliphatic heterocycles. The van der Waals surface area contributed by atoms with Gasteiger partial charge in [0.1, 0.15) is 5.82 Å². The number of nitrogens with one attached hydrogen (secondary N) is 2. The molecule has 0 radical (unpaired) electrons. The first kappa shape index (κ1) is 15.2. The second-order valence-electron chi connectivity index (χ2n) is 6.67. The molecule has 1 saturated heterocycles. The predicted molar refractivity (Wildman–Crippen MR) is 91.6 cm³/mol. The van der Waals surface area contributed by atoms with Gasteiger partial charge in [-0.25, -0.2) is 9.97 Å². The van der Waals surface area contributed by atoms with Crippen molar-refractivity contribution in [2.45, 2.75) is 38.6 Å². The third kappa shape index (κ3) is 3.00. The predicted octanol–water partition coefficient (Wildman–Crippen LogP) is 1.83. The number of carbonyl (C=O) groups is 1. The van der Waals surface area contributed by atoms with Crippen molar-refractivity contribution in [3.8, 4) is 0 Å². The van der Waals surface area contributed by atoms with E-state index in [1.54, 1.807) is 6.33 Å². The molecule has 4 rings (SSSR count). The molecule has 0 aromatic carbocycles. The molecule has 126 valence electrons. The van der Waals surface area contributed by atoms with E-state index in [1.807, 2.05) is 12.3 Å². The van der Waals surface area contributed by atoms with Crippen molar-refractivity contribution in [2.75, 3.05) is 18.0 Å². The van der Waals surface area contributed by atoms with Gasteiger partial charge in [0.05, 0.1) is 12.0 Å². The van der Waals surface area contributed by atoms with E-state index in [1.165, 1.54) is 12.8 Å². The fourth-order valence-electron chi connectivity index (χ4n) is 3.73. The highest BCUT2D eigenvalue weighted by Crippen LogP contribution is 2.24. The van der Waals surface area contributed by atoms with E-state index in [0.717, 1.165) is 55.1 Å². The number of H-pyrrole nitrogens is 1. The summed E-state index contributed by atoms with van der Waals surface area (Å²) in [7, 11) is 0. The van der Waals surface area contributed by atoms with Crippen molar-refractivity contribution in [1.29, 1.82) is 0 Å². The standard InChI is InChI=1S/C18H23N5O/c24-18(13-5-6-15-16(10-13)22-12-21-15)20-11-14-4-3-7-19-17(14)23-8-1-2-9-23/h3-4,7,12-13H,1-2,5-6,8-11H2,(H,20,24)(H,21,22)/t13-/m0/s1. The average Bonchev–Trinajstić information content (AvgIpc) is 3.30. The lowest BCUT2D eigenvalue weighted by Crippen LogP contribution is -2.34. The first-order valence-corrected chi connectivity index (χ1v) is 8.79. The first-order valence-electron chi connectivity index (χ1n) is 8.79. The fourth-order valence-corrected chi connectivity index (χ4v) is 3.73. The number of fused-ring (bicyclic) bond motifs is 1. The number of nitrogens with zero attached hydrogens (tertiary/aromatic N) is 3. The molecule has 24 heavy (non-hydrogen) atoms. The van der Waals surface area contributed by atoms with Gasteiger partial charge in [0.25, 0.3) is 0 Å². The summed E-state index contributed by atoms with van der Waals surface area (Å²) in [6, 6.07) is 4.01. The molecule has 2 N–H and O–H groups in total. The lowest BCUT2D eigenvalue weighted by Gasteiger charge is -2.22. The van der Waals surface area contributed by atoms with Gasteiger partial charge >= 0.3 is 0 Å². The molecular formula is C18H23N5O. The third-order valence-corrected chi connectivity index (χ3v) is 5.08.